The van der Waals surface area contributed by atoms with E-state index in [0.717, 1.165) is 31.9 Å². The van der Waals surface area contributed by atoms with Gasteiger partial charge in [-0.05, 0) is 31.2 Å². The van der Waals surface area contributed by atoms with Crippen LogP contribution in [0.3, 0.4) is 0 Å². The Hall–Kier alpha value is -1.25. The van der Waals surface area contributed by atoms with Gasteiger partial charge in [0.2, 0.25) is 0 Å². The van der Waals surface area contributed by atoms with E-state index in [2.05, 4.69) is 33.4 Å². The first-order valence-corrected chi connectivity index (χ1v) is 8.75. The molecule has 1 fully saturated rings. The highest BCUT2D eigenvalue weighted by Crippen LogP contribution is 2.22. The van der Waals surface area contributed by atoms with Gasteiger partial charge < -0.3 is 10.2 Å². The molecule has 0 aromatic heterocycles. The van der Waals surface area contributed by atoms with Crippen molar-refractivity contribution < 1.29 is 13.2 Å². The van der Waals surface area contributed by atoms with E-state index < -0.39 is 12.6 Å². The predicted molar refractivity (Wildman–Crippen MR) is 112 cm³/mol. The molecule has 1 aromatic carbocycles. The van der Waals surface area contributed by atoms with E-state index in [1.807, 2.05) is 18.2 Å². The zero-order chi connectivity index (χ0) is 18.1. The fraction of sp³-hybridized carbons (Fsp3) is 0.526. The Kier molecular flexibility index (Phi) is 10.0. The number of piperidine rings is 1. The Morgan fingerprint density at radius 2 is 1.81 bits per heavy atom. The number of nitrogens with one attached hydrogen (secondary N) is 1. The number of aliphatic imine (C=N–C) groups is 1. The third kappa shape index (κ3) is 8.42. The monoisotopic (exact) mass is 481 g/mol. The van der Waals surface area contributed by atoms with Crippen molar-refractivity contribution in [3.8, 4) is 0 Å². The number of alkyl halides is 3. The van der Waals surface area contributed by atoms with Gasteiger partial charge in [0.15, 0.2) is 5.96 Å². The van der Waals surface area contributed by atoms with Gasteiger partial charge in [0, 0.05) is 33.1 Å². The standard InChI is InChI=1S/C19H26F3N3.HI/c1-23-18(24-12-6-5-11-19(20,21)22)25-13-9-17(10-14-25)15-16-7-3-2-4-8-16;/h2-4,7-8,15H,5-6,9-14H2,1H3,(H,23,24);1H. The van der Waals surface area contributed by atoms with Crippen molar-refractivity contribution in [3.05, 3.63) is 41.5 Å². The zero-order valence-corrected chi connectivity index (χ0v) is 17.4. The average molecular weight is 481 g/mol. The first-order chi connectivity index (χ1) is 12.0. The smallest absolute Gasteiger partial charge is 0.356 e. The second-order valence-corrected chi connectivity index (χ2v) is 6.25. The molecule has 0 aliphatic carbocycles. The van der Waals surface area contributed by atoms with Crippen LogP contribution < -0.4 is 5.32 Å². The number of halogens is 4. The molecule has 1 aromatic rings. The van der Waals surface area contributed by atoms with E-state index in [9.17, 15) is 13.2 Å². The van der Waals surface area contributed by atoms with Crippen LogP contribution in [0.1, 0.15) is 37.7 Å². The summed E-state index contributed by atoms with van der Waals surface area (Å²) in [6.07, 6.45) is 0.0572. The second-order valence-electron chi connectivity index (χ2n) is 6.25. The summed E-state index contributed by atoms with van der Waals surface area (Å²) in [5.41, 5.74) is 2.64. The maximum absolute atomic E-state index is 12.1. The van der Waals surface area contributed by atoms with Crippen LogP contribution in [-0.2, 0) is 0 Å². The van der Waals surface area contributed by atoms with Gasteiger partial charge in [0.1, 0.15) is 0 Å². The van der Waals surface area contributed by atoms with Crippen molar-refractivity contribution in [2.24, 2.45) is 4.99 Å². The minimum atomic E-state index is -4.06. The van der Waals surface area contributed by atoms with Crippen LogP contribution in [0.4, 0.5) is 13.2 Å². The number of guanidine groups is 1. The molecule has 0 amide bonds. The fourth-order valence-corrected chi connectivity index (χ4v) is 2.92. The van der Waals surface area contributed by atoms with Gasteiger partial charge in [0.05, 0.1) is 0 Å². The Bertz CT molecular complexity index is 575. The van der Waals surface area contributed by atoms with Crippen LogP contribution in [0, 0.1) is 0 Å². The van der Waals surface area contributed by atoms with Crippen molar-refractivity contribution in [1.29, 1.82) is 0 Å². The molecule has 1 aliphatic heterocycles. The number of hydrogen-bond acceptors (Lipinski definition) is 1. The Morgan fingerprint density at radius 1 is 1.15 bits per heavy atom. The number of likely N-dealkylation sites (tertiary alicyclic amines) is 1. The topological polar surface area (TPSA) is 27.6 Å². The van der Waals surface area contributed by atoms with Crippen LogP contribution in [0.2, 0.25) is 0 Å². The summed E-state index contributed by atoms with van der Waals surface area (Å²) in [4.78, 5) is 6.43. The van der Waals surface area contributed by atoms with Gasteiger partial charge in [-0.3, -0.25) is 4.99 Å². The molecular formula is C19H27F3IN3. The van der Waals surface area contributed by atoms with Crippen molar-refractivity contribution in [1.82, 2.24) is 10.2 Å². The van der Waals surface area contributed by atoms with Crippen LogP contribution >= 0.6 is 24.0 Å². The quantitative estimate of drug-likeness (QED) is 0.275. The minimum absolute atomic E-state index is 0. The summed E-state index contributed by atoms with van der Waals surface area (Å²) in [5, 5.41) is 3.18. The number of unbranched alkanes of at least 4 members (excludes halogenated alkanes) is 1. The molecular weight excluding hydrogens is 454 g/mol. The van der Waals surface area contributed by atoms with Gasteiger partial charge in [-0.25, -0.2) is 0 Å². The van der Waals surface area contributed by atoms with Crippen molar-refractivity contribution in [3.63, 3.8) is 0 Å². The maximum Gasteiger partial charge on any atom is 0.389 e. The molecule has 1 aliphatic rings. The SMILES string of the molecule is CN=C(NCCCCC(F)(F)F)N1CCC(=Cc2ccccc2)CC1.I. The lowest BCUT2D eigenvalue weighted by Gasteiger charge is -2.31. The molecule has 26 heavy (non-hydrogen) atoms. The molecule has 7 heteroatoms. The Labute approximate surface area is 170 Å². The molecule has 146 valence electrons. The summed E-state index contributed by atoms with van der Waals surface area (Å²) in [6, 6.07) is 10.3. The molecule has 0 unspecified atom stereocenters. The van der Waals surface area contributed by atoms with E-state index in [1.165, 1.54) is 11.1 Å². The molecule has 0 atom stereocenters. The number of hydrogen-bond donors (Lipinski definition) is 1. The normalized spacial score (nSPS) is 15.5. The van der Waals surface area contributed by atoms with Crippen molar-refractivity contribution in [2.75, 3.05) is 26.7 Å². The van der Waals surface area contributed by atoms with E-state index in [-0.39, 0.29) is 30.4 Å². The molecule has 1 saturated heterocycles. The van der Waals surface area contributed by atoms with Gasteiger partial charge >= 0.3 is 6.18 Å². The first-order valence-electron chi connectivity index (χ1n) is 8.75. The van der Waals surface area contributed by atoms with Crippen molar-refractivity contribution in [2.45, 2.75) is 38.3 Å². The summed E-state index contributed by atoms with van der Waals surface area (Å²) in [7, 11) is 1.72. The summed E-state index contributed by atoms with van der Waals surface area (Å²) in [6.45, 7) is 2.27. The highest BCUT2D eigenvalue weighted by Gasteiger charge is 2.25. The zero-order valence-electron chi connectivity index (χ0n) is 15.1. The molecule has 0 saturated carbocycles. The lowest BCUT2D eigenvalue weighted by molar-refractivity contribution is -0.135. The van der Waals surface area contributed by atoms with E-state index >= 15 is 0 Å². The number of rotatable bonds is 5. The average Bonchev–Trinajstić information content (AvgIpc) is 2.59. The molecule has 1 heterocycles. The molecule has 3 nitrogen and oxygen atoms in total. The Balaban J connectivity index is 0.00000338. The summed E-state index contributed by atoms with van der Waals surface area (Å²) < 4.78 is 36.4. The lowest BCUT2D eigenvalue weighted by atomic mass is 10.0. The number of nitrogens with zero attached hydrogens (tertiary/aromatic N) is 2. The third-order valence-electron chi connectivity index (χ3n) is 4.26. The lowest BCUT2D eigenvalue weighted by Crippen LogP contribution is -2.44. The molecule has 1 N–H and O–H groups in total. The summed E-state index contributed by atoms with van der Waals surface area (Å²) in [5.74, 6) is 0.783. The van der Waals surface area contributed by atoms with Crippen molar-refractivity contribution >= 4 is 36.0 Å². The number of benzene rings is 1. The van der Waals surface area contributed by atoms with E-state index in [4.69, 9.17) is 0 Å². The van der Waals surface area contributed by atoms with Crippen LogP contribution in [0.15, 0.2) is 40.9 Å². The first kappa shape index (κ1) is 22.8. The second kappa shape index (κ2) is 11.5. The molecule has 0 bridgehead atoms. The van der Waals surface area contributed by atoms with Gasteiger partial charge in [-0.15, -0.1) is 24.0 Å². The van der Waals surface area contributed by atoms with Crippen LogP contribution in [0.5, 0.6) is 0 Å². The predicted octanol–water partition coefficient (Wildman–Crippen LogP) is 5.09. The molecule has 0 spiro atoms. The summed E-state index contributed by atoms with van der Waals surface area (Å²) >= 11 is 0. The maximum atomic E-state index is 12.1. The largest absolute Gasteiger partial charge is 0.389 e. The third-order valence-corrected chi connectivity index (χ3v) is 4.26. The molecule has 2 rings (SSSR count). The van der Waals surface area contributed by atoms with E-state index in [1.54, 1.807) is 7.05 Å². The fourth-order valence-electron chi connectivity index (χ4n) is 2.92. The van der Waals surface area contributed by atoms with Gasteiger partial charge in [-0.1, -0.05) is 42.0 Å². The highest BCUT2D eigenvalue weighted by molar-refractivity contribution is 14.0. The van der Waals surface area contributed by atoms with Gasteiger partial charge in [0.25, 0.3) is 0 Å². The van der Waals surface area contributed by atoms with E-state index in [0.29, 0.717) is 13.0 Å². The highest BCUT2D eigenvalue weighted by atomic mass is 127. The minimum Gasteiger partial charge on any atom is -0.356 e. The van der Waals surface area contributed by atoms with Gasteiger partial charge in [-0.2, -0.15) is 13.2 Å². The van der Waals surface area contributed by atoms with Crippen LogP contribution in [-0.4, -0.2) is 43.7 Å². The van der Waals surface area contributed by atoms with Crippen LogP contribution in [0.25, 0.3) is 6.08 Å². The molecule has 0 radical (unpaired) electrons. The Morgan fingerprint density at radius 3 is 2.38 bits per heavy atom.